The number of rotatable bonds is 1. The van der Waals surface area contributed by atoms with Gasteiger partial charge in [0, 0.05) is 36.3 Å². The van der Waals surface area contributed by atoms with E-state index in [4.69, 9.17) is 5.73 Å². The number of piperidine rings is 1. The van der Waals surface area contributed by atoms with Gasteiger partial charge in [0.2, 0.25) is 0 Å². The highest BCUT2D eigenvalue weighted by Gasteiger charge is 2.41. The van der Waals surface area contributed by atoms with Crippen LogP contribution in [0.3, 0.4) is 0 Å². The van der Waals surface area contributed by atoms with Gasteiger partial charge in [-0.3, -0.25) is 4.79 Å². The monoisotopic (exact) mass is 273 g/mol. The van der Waals surface area contributed by atoms with Crippen molar-refractivity contribution < 1.29 is 4.79 Å². The summed E-state index contributed by atoms with van der Waals surface area (Å²) in [7, 11) is 2.17. The Balaban J connectivity index is 1.75. The number of hydrogen-bond acceptors (Lipinski definition) is 3. The lowest BCUT2D eigenvalue weighted by molar-refractivity contribution is 0.0534. The largest absolute Gasteiger partial charge is 0.399 e. The summed E-state index contributed by atoms with van der Waals surface area (Å²) in [5.41, 5.74) is 7.48. The van der Waals surface area contributed by atoms with Gasteiger partial charge in [-0.15, -0.1) is 0 Å². The van der Waals surface area contributed by atoms with Crippen LogP contribution in [0.15, 0.2) is 24.3 Å². The fraction of sp³-hybridized carbons (Fsp3) is 0.562. The van der Waals surface area contributed by atoms with E-state index in [2.05, 4.69) is 11.9 Å². The first-order valence-corrected chi connectivity index (χ1v) is 7.41. The number of carbonyl (C=O) groups is 1. The number of nitrogens with zero attached hydrogens (tertiary/aromatic N) is 2. The van der Waals surface area contributed by atoms with Gasteiger partial charge in [0.25, 0.3) is 5.91 Å². The fourth-order valence-electron chi connectivity index (χ4n) is 3.73. The highest BCUT2D eigenvalue weighted by molar-refractivity contribution is 5.95. The molecule has 20 heavy (non-hydrogen) atoms. The second kappa shape index (κ2) is 5.09. The van der Waals surface area contributed by atoms with Crippen molar-refractivity contribution in [1.29, 1.82) is 0 Å². The first-order valence-electron chi connectivity index (χ1n) is 7.41. The Hall–Kier alpha value is -1.55. The third kappa shape index (κ3) is 2.52. The third-order valence-corrected chi connectivity index (χ3v) is 4.71. The summed E-state index contributed by atoms with van der Waals surface area (Å²) in [6.45, 7) is 4.04. The molecule has 0 unspecified atom stereocenters. The summed E-state index contributed by atoms with van der Waals surface area (Å²) in [6.07, 6.45) is 3.57. The molecule has 1 aromatic carbocycles. The van der Waals surface area contributed by atoms with Gasteiger partial charge in [0.1, 0.15) is 0 Å². The SMILES string of the molecule is CN1CC[C@]2(CCCN(C(=O)c3cccc(N)c3)C2)C1. The van der Waals surface area contributed by atoms with Crippen LogP contribution in [0, 0.1) is 5.41 Å². The molecule has 2 heterocycles. The van der Waals surface area contributed by atoms with E-state index >= 15 is 0 Å². The minimum Gasteiger partial charge on any atom is -0.399 e. The molecule has 0 radical (unpaired) electrons. The maximum atomic E-state index is 12.6. The number of likely N-dealkylation sites (tertiary alicyclic amines) is 2. The highest BCUT2D eigenvalue weighted by Crippen LogP contribution is 2.38. The molecular weight excluding hydrogens is 250 g/mol. The minimum absolute atomic E-state index is 0.130. The average Bonchev–Trinajstić information content (AvgIpc) is 2.78. The van der Waals surface area contributed by atoms with E-state index in [1.165, 1.54) is 12.8 Å². The Kier molecular flexibility index (Phi) is 3.42. The molecule has 0 saturated carbocycles. The van der Waals surface area contributed by atoms with E-state index in [0.717, 1.165) is 32.6 Å². The Morgan fingerprint density at radius 3 is 2.80 bits per heavy atom. The lowest BCUT2D eigenvalue weighted by Gasteiger charge is -2.40. The molecule has 4 heteroatoms. The van der Waals surface area contributed by atoms with Crippen molar-refractivity contribution in [3.8, 4) is 0 Å². The van der Waals surface area contributed by atoms with Crippen LogP contribution in [0.4, 0.5) is 5.69 Å². The zero-order valence-electron chi connectivity index (χ0n) is 12.1. The number of hydrogen-bond donors (Lipinski definition) is 1. The third-order valence-electron chi connectivity index (χ3n) is 4.71. The Labute approximate surface area is 120 Å². The van der Waals surface area contributed by atoms with Crippen molar-refractivity contribution in [2.24, 2.45) is 5.41 Å². The number of carbonyl (C=O) groups excluding carboxylic acids is 1. The summed E-state index contributed by atoms with van der Waals surface area (Å²) < 4.78 is 0. The van der Waals surface area contributed by atoms with Crippen LogP contribution in [0.5, 0.6) is 0 Å². The molecule has 1 spiro atoms. The van der Waals surface area contributed by atoms with Gasteiger partial charge >= 0.3 is 0 Å². The van der Waals surface area contributed by atoms with Crippen LogP contribution in [0.2, 0.25) is 0 Å². The lowest BCUT2D eigenvalue weighted by Crippen LogP contribution is -2.47. The second-order valence-electron chi connectivity index (χ2n) is 6.44. The molecule has 2 fully saturated rings. The first kappa shape index (κ1) is 13.4. The molecule has 2 aliphatic heterocycles. The van der Waals surface area contributed by atoms with Crippen LogP contribution >= 0.6 is 0 Å². The maximum Gasteiger partial charge on any atom is 0.253 e. The van der Waals surface area contributed by atoms with E-state index < -0.39 is 0 Å². The van der Waals surface area contributed by atoms with Gasteiger partial charge in [-0.1, -0.05) is 6.07 Å². The van der Waals surface area contributed by atoms with E-state index in [-0.39, 0.29) is 5.91 Å². The molecular formula is C16H23N3O. The minimum atomic E-state index is 0.130. The summed E-state index contributed by atoms with van der Waals surface area (Å²) in [5.74, 6) is 0.130. The van der Waals surface area contributed by atoms with E-state index in [0.29, 0.717) is 16.7 Å². The second-order valence-corrected chi connectivity index (χ2v) is 6.44. The molecule has 2 aliphatic rings. The fourth-order valence-corrected chi connectivity index (χ4v) is 3.73. The molecule has 4 nitrogen and oxygen atoms in total. The quantitative estimate of drug-likeness (QED) is 0.794. The smallest absolute Gasteiger partial charge is 0.253 e. The normalized spacial score (nSPS) is 27.1. The molecule has 1 amide bonds. The number of nitrogen functional groups attached to an aromatic ring is 1. The molecule has 2 saturated heterocycles. The van der Waals surface area contributed by atoms with Crippen LogP contribution in [-0.2, 0) is 0 Å². The molecule has 0 aromatic heterocycles. The number of benzene rings is 1. The zero-order valence-corrected chi connectivity index (χ0v) is 12.1. The van der Waals surface area contributed by atoms with Gasteiger partial charge < -0.3 is 15.5 Å². The molecule has 1 aromatic rings. The lowest BCUT2D eigenvalue weighted by atomic mass is 9.79. The zero-order chi connectivity index (χ0) is 14.2. The van der Waals surface area contributed by atoms with E-state index in [1.807, 2.05) is 23.1 Å². The van der Waals surface area contributed by atoms with Crippen molar-refractivity contribution in [2.45, 2.75) is 19.3 Å². The topological polar surface area (TPSA) is 49.6 Å². The van der Waals surface area contributed by atoms with Gasteiger partial charge in [0.15, 0.2) is 0 Å². The Morgan fingerprint density at radius 2 is 2.10 bits per heavy atom. The van der Waals surface area contributed by atoms with Crippen molar-refractivity contribution in [3.05, 3.63) is 29.8 Å². The Morgan fingerprint density at radius 1 is 1.25 bits per heavy atom. The van der Waals surface area contributed by atoms with Gasteiger partial charge in [0.05, 0.1) is 0 Å². The summed E-state index contributed by atoms with van der Waals surface area (Å²) >= 11 is 0. The molecule has 108 valence electrons. The molecule has 2 N–H and O–H groups in total. The van der Waals surface area contributed by atoms with Crippen molar-refractivity contribution in [1.82, 2.24) is 9.80 Å². The predicted molar refractivity (Wildman–Crippen MR) is 80.5 cm³/mol. The van der Waals surface area contributed by atoms with E-state index in [9.17, 15) is 4.79 Å². The standard InChI is InChI=1S/C16H23N3O/c1-18-9-7-16(11-18)6-3-8-19(12-16)15(20)13-4-2-5-14(17)10-13/h2,4-5,10H,3,6-9,11-12,17H2,1H3/t16-/m1/s1. The van der Waals surface area contributed by atoms with Gasteiger partial charge in [-0.25, -0.2) is 0 Å². The number of nitrogens with two attached hydrogens (primary N) is 1. The average molecular weight is 273 g/mol. The molecule has 0 bridgehead atoms. The first-order chi connectivity index (χ1) is 9.58. The number of anilines is 1. The summed E-state index contributed by atoms with van der Waals surface area (Å²) in [5, 5.41) is 0. The van der Waals surface area contributed by atoms with Gasteiger partial charge in [-0.2, -0.15) is 0 Å². The Bertz CT molecular complexity index is 512. The van der Waals surface area contributed by atoms with Crippen LogP contribution in [0.25, 0.3) is 0 Å². The van der Waals surface area contributed by atoms with Crippen molar-refractivity contribution in [2.75, 3.05) is 39.0 Å². The van der Waals surface area contributed by atoms with E-state index in [1.54, 1.807) is 6.07 Å². The van der Waals surface area contributed by atoms with Crippen molar-refractivity contribution >= 4 is 11.6 Å². The summed E-state index contributed by atoms with van der Waals surface area (Å²) in [4.78, 5) is 17.0. The van der Waals surface area contributed by atoms with Crippen LogP contribution < -0.4 is 5.73 Å². The number of amides is 1. The summed E-state index contributed by atoms with van der Waals surface area (Å²) in [6, 6.07) is 7.32. The van der Waals surface area contributed by atoms with Crippen LogP contribution in [-0.4, -0.2) is 48.9 Å². The van der Waals surface area contributed by atoms with Crippen LogP contribution in [0.1, 0.15) is 29.6 Å². The van der Waals surface area contributed by atoms with Crippen molar-refractivity contribution in [3.63, 3.8) is 0 Å². The highest BCUT2D eigenvalue weighted by atomic mass is 16.2. The predicted octanol–water partition coefficient (Wildman–Crippen LogP) is 1.83. The molecule has 0 aliphatic carbocycles. The molecule has 1 atom stereocenters. The van der Waals surface area contributed by atoms with Gasteiger partial charge in [-0.05, 0) is 51.1 Å². The molecule has 3 rings (SSSR count). The maximum absolute atomic E-state index is 12.6.